The van der Waals surface area contributed by atoms with E-state index >= 15 is 0 Å². The average Bonchev–Trinajstić information content (AvgIpc) is 2.40. The Bertz CT molecular complexity index is 520. The maximum Gasteiger partial charge on any atom is 0.146 e. The van der Waals surface area contributed by atoms with Crippen LogP contribution in [0.5, 0.6) is 0 Å². The highest BCUT2D eigenvalue weighted by molar-refractivity contribution is 7.71. The van der Waals surface area contributed by atoms with Crippen LogP contribution in [-0.4, -0.2) is 46.3 Å². The molecular formula is C13H19FN2O3S. The number of rotatable bonds is 5. The van der Waals surface area contributed by atoms with Crippen LogP contribution in [0.2, 0.25) is 0 Å². The number of hydroxylamine groups is 2. The largest absolute Gasteiger partial charge is 0.366 e. The predicted octanol–water partition coefficient (Wildman–Crippen LogP) is 1.01. The number of anilines is 1. The molecule has 112 valence electrons. The zero-order valence-electron chi connectivity index (χ0n) is 11.4. The minimum absolute atomic E-state index is 0.120. The lowest BCUT2D eigenvalue weighted by Gasteiger charge is -2.35. The van der Waals surface area contributed by atoms with Crippen LogP contribution in [-0.2, 0) is 21.3 Å². The van der Waals surface area contributed by atoms with Crippen molar-refractivity contribution >= 4 is 16.4 Å². The summed E-state index contributed by atoms with van der Waals surface area (Å²) in [5, 5.41) is 1.88. The Morgan fingerprint density at radius 1 is 1.25 bits per heavy atom. The molecule has 1 fully saturated rings. The van der Waals surface area contributed by atoms with Gasteiger partial charge >= 0.3 is 0 Å². The van der Waals surface area contributed by atoms with Crippen LogP contribution in [0, 0.1) is 5.82 Å². The molecule has 0 aromatic heterocycles. The first-order chi connectivity index (χ1) is 9.60. The van der Waals surface area contributed by atoms with Gasteiger partial charge in [-0.25, -0.2) is 12.8 Å². The number of halogens is 1. The maximum absolute atomic E-state index is 14.0. The first kappa shape index (κ1) is 15.2. The molecule has 5 nitrogen and oxygen atoms in total. The van der Waals surface area contributed by atoms with E-state index in [4.69, 9.17) is 4.84 Å². The summed E-state index contributed by atoms with van der Waals surface area (Å²) < 4.78 is 35.3. The summed E-state index contributed by atoms with van der Waals surface area (Å²) in [7, 11) is -2.53. The van der Waals surface area contributed by atoms with Crippen molar-refractivity contribution in [3.8, 4) is 0 Å². The van der Waals surface area contributed by atoms with Gasteiger partial charge in [0.05, 0.1) is 18.0 Å². The van der Waals surface area contributed by atoms with Gasteiger partial charge in [0.2, 0.25) is 0 Å². The molecule has 1 aromatic carbocycles. The van der Waals surface area contributed by atoms with Gasteiger partial charge in [-0.05, 0) is 24.6 Å². The van der Waals surface area contributed by atoms with Gasteiger partial charge in [-0.1, -0.05) is 6.07 Å². The molecule has 0 N–H and O–H groups in total. The van der Waals surface area contributed by atoms with Crippen molar-refractivity contribution in [2.45, 2.75) is 12.7 Å². The van der Waals surface area contributed by atoms with Crippen molar-refractivity contribution in [1.82, 2.24) is 5.06 Å². The molecule has 0 aliphatic carbocycles. The van der Waals surface area contributed by atoms with Gasteiger partial charge < -0.3 is 4.90 Å². The summed E-state index contributed by atoms with van der Waals surface area (Å²) in [6.07, 6.45) is 0. The number of benzene rings is 1. The Hall–Kier alpha value is -1.18. The van der Waals surface area contributed by atoms with E-state index in [2.05, 4.69) is 0 Å². The maximum atomic E-state index is 14.0. The predicted molar refractivity (Wildman–Crippen MR) is 75.8 cm³/mol. The second-order valence-corrected chi connectivity index (χ2v) is 5.59. The van der Waals surface area contributed by atoms with Crippen LogP contribution >= 0.6 is 0 Å². The Balaban J connectivity index is 2.03. The van der Waals surface area contributed by atoms with Crippen molar-refractivity contribution < 1.29 is 17.6 Å². The van der Waals surface area contributed by atoms with Crippen LogP contribution in [0.25, 0.3) is 0 Å². The van der Waals surface area contributed by atoms with Gasteiger partial charge in [-0.15, -0.1) is 0 Å². The molecule has 0 atom stereocenters. The SMILES string of the molecule is CCON1CCN(c2ccc(C[SH](=O)=O)cc2F)CC1. The molecule has 0 unspecified atom stereocenters. The van der Waals surface area contributed by atoms with Crippen LogP contribution in [0.3, 0.4) is 0 Å². The number of nitrogens with zero attached hydrogens (tertiary/aromatic N) is 2. The molecule has 0 saturated carbocycles. The Morgan fingerprint density at radius 2 is 1.95 bits per heavy atom. The molecule has 0 amide bonds. The third-order valence-electron chi connectivity index (χ3n) is 3.21. The number of hydrogen-bond acceptors (Lipinski definition) is 5. The van der Waals surface area contributed by atoms with E-state index < -0.39 is 10.7 Å². The van der Waals surface area contributed by atoms with Crippen LogP contribution < -0.4 is 4.90 Å². The molecule has 0 bridgehead atoms. The third-order valence-corrected chi connectivity index (χ3v) is 3.84. The van der Waals surface area contributed by atoms with Crippen molar-refractivity contribution in [3.63, 3.8) is 0 Å². The Labute approximate surface area is 119 Å². The van der Waals surface area contributed by atoms with E-state index in [9.17, 15) is 12.8 Å². The van der Waals surface area contributed by atoms with Crippen molar-refractivity contribution in [2.24, 2.45) is 0 Å². The standard InChI is InChI=1S/C13H19FN2O3S/c1-2-19-16-7-5-15(6-8-16)13-4-3-11(9-12(13)14)10-20(17)18/h3-4,9,20H,2,5-8,10H2,1H3. The number of thiol groups is 1. The molecule has 7 heteroatoms. The molecule has 20 heavy (non-hydrogen) atoms. The van der Waals surface area contributed by atoms with Crippen molar-refractivity contribution in [2.75, 3.05) is 37.7 Å². The molecule has 1 aliphatic rings. The zero-order chi connectivity index (χ0) is 14.5. The first-order valence-corrected chi connectivity index (χ1v) is 7.99. The Kier molecular flexibility index (Phi) is 5.33. The van der Waals surface area contributed by atoms with Gasteiger partial charge in [0, 0.05) is 26.2 Å². The topological polar surface area (TPSA) is 49.9 Å². The Morgan fingerprint density at radius 3 is 2.50 bits per heavy atom. The average molecular weight is 302 g/mol. The van der Waals surface area contributed by atoms with Gasteiger partial charge in [0.1, 0.15) is 16.5 Å². The summed E-state index contributed by atoms with van der Waals surface area (Å²) in [5.74, 6) is -0.491. The normalized spacial score (nSPS) is 16.9. The summed E-state index contributed by atoms with van der Waals surface area (Å²) in [6, 6.07) is 4.62. The lowest BCUT2D eigenvalue weighted by atomic mass is 10.2. The molecule has 0 spiro atoms. The molecule has 1 saturated heterocycles. The monoisotopic (exact) mass is 302 g/mol. The third kappa shape index (κ3) is 3.91. The zero-order valence-corrected chi connectivity index (χ0v) is 12.3. The molecule has 1 aromatic rings. The van der Waals surface area contributed by atoms with Crippen LogP contribution in [0.1, 0.15) is 12.5 Å². The van der Waals surface area contributed by atoms with E-state index in [0.717, 1.165) is 13.1 Å². The highest BCUT2D eigenvalue weighted by atomic mass is 32.2. The minimum atomic E-state index is -2.53. The fourth-order valence-electron chi connectivity index (χ4n) is 2.29. The fourth-order valence-corrected chi connectivity index (χ4v) is 2.79. The lowest BCUT2D eigenvalue weighted by molar-refractivity contribution is -0.156. The summed E-state index contributed by atoms with van der Waals surface area (Å²) >= 11 is 0. The van der Waals surface area contributed by atoms with Gasteiger partial charge in [0.25, 0.3) is 0 Å². The highest BCUT2D eigenvalue weighted by Crippen LogP contribution is 2.22. The summed E-state index contributed by atoms with van der Waals surface area (Å²) in [6.45, 7) is 5.39. The lowest BCUT2D eigenvalue weighted by Crippen LogP contribution is -2.46. The molecule has 1 heterocycles. The van der Waals surface area contributed by atoms with Gasteiger partial charge in [0.15, 0.2) is 0 Å². The second kappa shape index (κ2) is 7.01. The van der Waals surface area contributed by atoms with Crippen LogP contribution in [0.15, 0.2) is 18.2 Å². The smallest absolute Gasteiger partial charge is 0.146 e. The number of hydrogen-bond donors (Lipinski definition) is 1. The highest BCUT2D eigenvalue weighted by Gasteiger charge is 2.19. The quantitative estimate of drug-likeness (QED) is 0.823. The summed E-state index contributed by atoms with van der Waals surface area (Å²) in [5.41, 5.74) is 1.00. The minimum Gasteiger partial charge on any atom is -0.366 e. The van der Waals surface area contributed by atoms with Gasteiger partial charge in [-0.3, -0.25) is 4.84 Å². The van der Waals surface area contributed by atoms with E-state index in [-0.39, 0.29) is 11.6 Å². The van der Waals surface area contributed by atoms with Crippen molar-refractivity contribution in [3.05, 3.63) is 29.6 Å². The van der Waals surface area contributed by atoms with Crippen LogP contribution in [0.4, 0.5) is 10.1 Å². The fraction of sp³-hybridized carbons (Fsp3) is 0.538. The van der Waals surface area contributed by atoms with Gasteiger partial charge in [-0.2, -0.15) is 5.06 Å². The first-order valence-electron chi connectivity index (χ1n) is 6.63. The van der Waals surface area contributed by atoms with E-state index in [1.54, 1.807) is 12.1 Å². The molecule has 2 rings (SSSR count). The number of piperazine rings is 1. The molecular weight excluding hydrogens is 283 g/mol. The molecule has 1 aliphatic heterocycles. The van der Waals surface area contributed by atoms with E-state index in [1.807, 2.05) is 16.9 Å². The van der Waals surface area contributed by atoms with E-state index in [0.29, 0.717) is 30.9 Å². The molecule has 0 radical (unpaired) electrons. The summed E-state index contributed by atoms with van der Waals surface area (Å²) in [4.78, 5) is 7.36. The van der Waals surface area contributed by atoms with Crippen molar-refractivity contribution in [1.29, 1.82) is 0 Å². The second-order valence-electron chi connectivity index (χ2n) is 4.61. The van der Waals surface area contributed by atoms with E-state index in [1.165, 1.54) is 6.07 Å².